The number of aromatic nitrogens is 3. The van der Waals surface area contributed by atoms with E-state index in [-0.39, 0.29) is 11.5 Å². The zero-order valence-electron chi connectivity index (χ0n) is 11.3. The summed E-state index contributed by atoms with van der Waals surface area (Å²) in [4.78, 5) is 0. The minimum atomic E-state index is -0.707. The Bertz CT molecular complexity index is 344. The highest BCUT2D eigenvalue weighted by Gasteiger charge is 2.34. The third-order valence-electron chi connectivity index (χ3n) is 2.78. The van der Waals surface area contributed by atoms with Crippen LogP contribution >= 0.6 is 0 Å². The maximum absolute atomic E-state index is 10.4. The van der Waals surface area contributed by atoms with Crippen LogP contribution in [0.15, 0.2) is 6.20 Å². The number of rotatable bonds is 5. The predicted molar refractivity (Wildman–Crippen MR) is 65.5 cm³/mol. The van der Waals surface area contributed by atoms with Gasteiger partial charge in [0, 0.05) is 13.7 Å². The quantitative estimate of drug-likeness (QED) is 0.853. The van der Waals surface area contributed by atoms with E-state index in [0.29, 0.717) is 5.69 Å². The first-order chi connectivity index (χ1) is 7.91. The van der Waals surface area contributed by atoms with Gasteiger partial charge < -0.3 is 9.84 Å². The summed E-state index contributed by atoms with van der Waals surface area (Å²) in [6.45, 7) is 8.94. The van der Waals surface area contributed by atoms with E-state index in [1.807, 2.05) is 20.8 Å². The molecule has 98 valence electrons. The average Bonchev–Trinajstić information content (AvgIpc) is 2.65. The molecule has 0 amide bonds. The second-order valence-corrected chi connectivity index (χ2v) is 5.35. The van der Waals surface area contributed by atoms with Gasteiger partial charge in [0.1, 0.15) is 6.10 Å². The molecule has 2 unspecified atom stereocenters. The first kappa shape index (κ1) is 14.1. The topological polar surface area (TPSA) is 60.2 Å². The van der Waals surface area contributed by atoms with Crippen molar-refractivity contribution < 1.29 is 9.84 Å². The summed E-state index contributed by atoms with van der Waals surface area (Å²) in [7, 11) is 1.62. The van der Waals surface area contributed by atoms with Gasteiger partial charge in [-0.3, -0.25) is 0 Å². The molecule has 2 atom stereocenters. The van der Waals surface area contributed by atoms with Crippen molar-refractivity contribution in [3.63, 3.8) is 0 Å². The Kier molecular flexibility index (Phi) is 4.65. The Morgan fingerprint density at radius 1 is 1.47 bits per heavy atom. The van der Waals surface area contributed by atoms with Crippen LogP contribution in [0.4, 0.5) is 0 Å². The molecule has 0 radical (unpaired) electrons. The van der Waals surface area contributed by atoms with Gasteiger partial charge in [-0.1, -0.05) is 32.9 Å². The summed E-state index contributed by atoms with van der Waals surface area (Å²) >= 11 is 0. The number of hydrogen-bond donors (Lipinski definition) is 1. The lowest BCUT2D eigenvalue weighted by atomic mass is 9.84. The van der Waals surface area contributed by atoms with E-state index < -0.39 is 6.10 Å². The highest BCUT2D eigenvalue weighted by molar-refractivity contribution is 5.03. The number of hydrogen-bond acceptors (Lipinski definition) is 4. The standard InChI is InChI=1S/C12H23N3O2/c1-6-7-15-9(8-13-14-15)10(16)11(17-5)12(2,3)4/h8,10-11,16H,6-7H2,1-5H3. The summed E-state index contributed by atoms with van der Waals surface area (Å²) in [5, 5.41) is 18.2. The molecule has 0 aromatic carbocycles. The molecule has 5 nitrogen and oxygen atoms in total. The maximum atomic E-state index is 10.4. The average molecular weight is 241 g/mol. The van der Waals surface area contributed by atoms with Gasteiger partial charge >= 0.3 is 0 Å². The molecule has 0 saturated carbocycles. The molecule has 1 N–H and O–H groups in total. The summed E-state index contributed by atoms with van der Waals surface area (Å²) in [5.41, 5.74) is 0.573. The first-order valence-electron chi connectivity index (χ1n) is 6.01. The molecule has 0 aliphatic carbocycles. The Balaban J connectivity index is 2.93. The first-order valence-corrected chi connectivity index (χ1v) is 6.01. The minimum absolute atomic E-state index is 0.143. The molecule has 1 aromatic heterocycles. The Morgan fingerprint density at radius 3 is 2.59 bits per heavy atom. The Hall–Kier alpha value is -0.940. The summed E-state index contributed by atoms with van der Waals surface area (Å²) in [5.74, 6) is 0. The van der Waals surface area contributed by atoms with Gasteiger partial charge in [0.15, 0.2) is 0 Å². The van der Waals surface area contributed by atoms with E-state index in [4.69, 9.17) is 4.74 Å². The van der Waals surface area contributed by atoms with Crippen LogP contribution in [0.5, 0.6) is 0 Å². The third kappa shape index (κ3) is 3.26. The van der Waals surface area contributed by atoms with Crippen LogP contribution in [0.1, 0.15) is 45.9 Å². The molecule has 0 bridgehead atoms. The zero-order chi connectivity index (χ0) is 13.1. The van der Waals surface area contributed by atoms with Gasteiger partial charge in [-0.2, -0.15) is 0 Å². The number of ether oxygens (including phenoxy) is 1. The molecule has 5 heteroatoms. The van der Waals surface area contributed by atoms with Crippen molar-refractivity contribution in [2.24, 2.45) is 5.41 Å². The fourth-order valence-electron chi connectivity index (χ4n) is 1.99. The molecular weight excluding hydrogens is 218 g/mol. The third-order valence-corrected chi connectivity index (χ3v) is 2.78. The number of methoxy groups -OCH3 is 1. The number of aliphatic hydroxyl groups excluding tert-OH is 1. The van der Waals surface area contributed by atoms with Gasteiger partial charge in [0.05, 0.1) is 18.0 Å². The molecule has 1 aromatic rings. The SMILES string of the molecule is CCCn1nncc1C(O)C(OC)C(C)(C)C. The van der Waals surface area contributed by atoms with Crippen LogP contribution < -0.4 is 0 Å². The van der Waals surface area contributed by atoms with Crippen LogP contribution in [0.25, 0.3) is 0 Å². The van der Waals surface area contributed by atoms with E-state index in [1.165, 1.54) is 0 Å². The van der Waals surface area contributed by atoms with Crippen molar-refractivity contribution in [2.75, 3.05) is 7.11 Å². The van der Waals surface area contributed by atoms with Gasteiger partial charge in [-0.15, -0.1) is 5.10 Å². The van der Waals surface area contributed by atoms with Crippen molar-refractivity contribution >= 4 is 0 Å². The lowest BCUT2D eigenvalue weighted by Crippen LogP contribution is -2.35. The second-order valence-electron chi connectivity index (χ2n) is 5.35. The molecule has 0 aliphatic rings. The number of aryl methyl sites for hydroxylation is 1. The minimum Gasteiger partial charge on any atom is -0.384 e. The lowest BCUT2D eigenvalue weighted by Gasteiger charge is -2.33. The molecule has 1 heterocycles. The maximum Gasteiger partial charge on any atom is 0.124 e. The highest BCUT2D eigenvalue weighted by Crippen LogP contribution is 2.31. The molecule has 0 saturated heterocycles. The largest absolute Gasteiger partial charge is 0.384 e. The fraction of sp³-hybridized carbons (Fsp3) is 0.833. The molecular formula is C12H23N3O2. The Labute approximate surface area is 103 Å². The molecule has 17 heavy (non-hydrogen) atoms. The monoisotopic (exact) mass is 241 g/mol. The lowest BCUT2D eigenvalue weighted by molar-refractivity contribution is -0.0755. The van der Waals surface area contributed by atoms with E-state index in [2.05, 4.69) is 17.2 Å². The van der Waals surface area contributed by atoms with E-state index >= 15 is 0 Å². The van der Waals surface area contributed by atoms with E-state index in [9.17, 15) is 5.11 Å². The summed E-state index contributed by atoms with van der Waals surface area (Å²) in [6, 6.07) is 0. The highest BCUT2D eigenvalue weighted by atomic mass is 16.5. The fourth-order valence-corrected chi connectivity index (χ4v) is 1.99. The van der Waals surface area contributed by atoms with Crippen molar-refractivity contribution in [2.45, 2.75) is 52.9 Å². The zero-order valence-corrected chi connectivity index (χ0v) is 11.3. The summed E-state index contributed by atoms with van der Waals surface area (Å²) in [6.07, 6.45) is 1.58. The van der Waals surface area contributed by atoms with Crippen LogP contribution in [-0.4, -0.2) is 33.3 Å². The van der Waals surface area contributed by atoms with Gasteiger partial charge in [-0.05, 0) is 11.8 Å². The number of nitrogens with zero attached hydrogens (tertiary/aromatic N) is 3. The van der Waals surface area contributed by atoms with Gasteiger partial charge in [0.2, 0.25) is 0 Å². The molecule has 0 fully saturated rings. The number of aliphatic hydroxyl groups is 1. The molecule has 1 rings (SSSR count). The van der Waals surface area contributed by atoms with Gasteiger partial charge in [-0.25, -0.2) is 4.68 Å². The van der Waals surface area contributed by atoms with Crippen molar-refractivity contribution in [1.29, 1.82) is 0 Å². The van der Waals surface area contributed by atoms with Crippen LogP contribution in [0, 0.1) is 5.41 Å². The van der Waals surface area contributed by atoms with E-state index in [1.54, 1.807) is 18.0 Å². The van der Waals surface area contributed by atoms with Gasteiger partial charge in [0.25, 0.3) is 0 Å². The normalized spacial score (nSPS) is 15.9. The van der Waals surface area contributed by atoms with Crippen LogP contribution in [0.2, 0.25) is 0 Å². The smallest absolute Gasteiger partial charge is 0.124 e. The van der Waals surface area contributed by atoms with Crippen molar-refractivity contribution in [1.82, 2.24) is 15.0 Å². The second kappa shape index (κ2) is 5.60. The van der Waals surface area contributed by atoms with Crippen molar-refractivity contribution in [3.05, 3.63) is 11.9 Å². The summed E-state index contributed by atoms with van der Waals surface area (Å²) < 4.78 is 7.15. The molecule has 0 aliphatic heterocycles. The predicted octanol–water partition coefficient (Wildman–Crippen LogP) is 1.78. The van der Waals surface area contributed by atoms with Crippen LogP contribution in [-0.2, 0) is 11.3 Å². The molecule has 0 spiro atoms. The van der Waals surface area contributed by atoms with E-state index in [0.717, 1.165) is 13.0 Å². The van der Waals surface area contributed by atoms with Crippen molar-refractivity contribution in [3.8, 4) is 0 Å². The van der Waals surface area contributed by atoms with Crippen LogP contribution in [0.3, 0.4) is 0 Å². The Morgan fingerprint density at radius 2 is 2.12 bits per heavy atom.